The predicted octanol–water partition coefficient (Wildman–Crippen LogP) is 2.41. The highest BCUT2D eigenvalue weighted by atomic mass is 35.5. The molecule has 0 spiro atoms. The van der Waals surface area contributed by atoms with E-state index in [1.54, 1.807) is 0 Å². The topological polar surface area (TPSA) is 39.2 Å². The first-order chi connectivity index (χ1) is 6.46. The molecule has 0 amide bonds. The van der Waals surface area contributed by atoms with Crippen molar-refractivity contribution in [3.05, 3.63) is 29.6 Å². The van der Waals surface area contributed by atoms with Gasteiger partial charge in [-0.1, -0.05) is 0 Å². The first-order valence-electron chi connectivity index (χ1n) is 3.31. The van der Waals surface area contributed by atoms with Crippen molar-refractivity contribution in [2.24, 2.45) is 0 Å². The Balaban J connectivity index is 3.23. The lowest BCUT2D eigenvalue weighted by atomic mass is 10.1. The molecule has 1 rings (SSSR count). The van der Waals surface area contributed by atoms with Gasteiger partial charge in [-0.05, 0) is 6.07 Å². The molecule has 0 aromatic carbocycles. The molecule has 0 unspecified atom stereocenters. The first kappa shape index (κ1) is 10.8. The maximum absolute atomic E-state index is 12.3. The maximum atomic E-state index is 12.3. The van der Waals surface area contributed by atoms with Gasteiger partial charge >= 0.3 is 12.1 Å². The number of alkyl halides is 3. The highest BCUT2D eigenvalue weighted by molar-refractivity contribution is 6.16. The number of hydrogen-bond acceptors (Lipinski definition) is 3. The lowest BCUT2D eigenvalue weighted by molar-refractivity contribution is -0.138. The third kappa shape index (κ3) is 2.14. The molecule has 1 aromatic heterocycles. The van der Waals surface area contributed by atoms with Crippen LogP contribution in [-0.2, 0) is 10.5 Å². The summed E-state index contributed by atoms with van der Waals surface area (Å²) in [7, 11) is 0. The van der Waals surface area contributed by atoms with E-state index >= 15 is 0 Å². The Morgan fingerprint density at radius 1 is 1.50 bits per heavy atom. The van der Waals surface area contributed by atoms with Crippen molar-refractivity contribution in [2.75, 3.05) is 0 Å². The molecule has 14 heavy (non-hydrogen) atoms. The van der Waals surface area contributed by atoms with Crippen molar-refractivity contribution < 1.29 is 22.3 Å². The van der Waals surface area contributed by atoms with Crippen LogP contribution >= 0.6 is 11.9 Å². The Hall–Kier alpha value is -1.30. The van der Waals surface area contributed by atoms with Gasteiger partial charge in [-0.3, -0.25) is 4.98 Å². The van der Waals surface area contributed by atoms with Crippen LogP contribution in [0.2, 0.25) is 0 Å². The zero-order chi connectivity index (χ0) is 10.8. The summed E-state index contributed by atoms with van der Waals surface area (Å²) in [6.07, 6.45) is -2.97. The Morgan fingerprint density at radius 3 is 2.64 bits per heavy atom. The molecule has 0 saturated heterocycles. The number of nitrogens with zero attached hydrogens (tertiary/aromatic N) is 1. The highest BCUT2D eigenvalue weighted by Gasteiger charge is 2.35. The molecular weight excluding hydrogens is 223 g/mol. The van der Waals surface area contributed by atoms with Crippen molar-refractivity contribution in [2.45, 2.75) is 6.18 Å². The molecule has 0 aliphatic carbocycles. The van der Waals surface area contributed by atoms with Crippen LogP contribution in [0.5, 0.6) is 0 Å². The Kier molecular flexibility index (Phi) is 2.95. The fourth-order valence-corrected chi connectivity index (χ4v) is 0.929. The quantitative estimate of drug-likeness (QED) is 0.737. The second kappa shape index (κ2) is 3.83. The molecule has 0 N–H and O–H groups in total. The molecule has 0 bridgehead atoms. The van der Waals surface area contributed by atoms with Crippen molar-refractivity contribution in [3.8, 4) is 0 Å². The summed E-state index contributed by atoms with van der Waals surface area (Å²) in [4.78, 5) is 14.2. The van der Waals surface area contributed by atoms with Gasteiger partial charge in [0.25, 0.3) is 0 Å². The zero-order valence-corrected chi connectivity index (χ0v) is 7.26. The molecule has 3 nitrogen and oxygen atoms in total. The van der Waals surface area contributed by atoms with Crippen molar-refractivity contribution in [3.63, 3.8) is 0 Å². The highest BCUT2D eigenvalue weighted by Crippen LogP contribution is 2.31. The minimum absolute atomic E-state index is 0.670. The van der Waals surface area contributed by atoms with Gasteiger partial charge in [0.15, 0.2) is 0 Å². The molecule has 0 atom stereocenters. The lowest BCUT2D eigenvalue weighted by Crippen LogP contribution is -2.13. The van der Waals surface area contributed by atoms with Gasteiger partial charge in [-0.15, -0.1) is 0 Å². The van der Waals surface area contributed by atoms with Crippen molar-refractivity contribution in [1.29, 1.82) is 0 Å². The summed E-state index contributed by atoms with van der Waals surface area (Å²) in [5.41, 5.74) is -1.84. The average Bonchev–Trinajstić information content (AvgIpc) is 2.15. The van der Waals surface area contributed by atoms with Crippen molar-refractivity contribution in [1.82, 2.24) is 4.98 Å². The fraction of sp³-hybridized carbons (Fsp3) is 0.143. The van der Waals surface area contributed by atoms with Crippen LogP contribution in [0.3, 0.4) is 0 Å². The minimum Gasteiger partial charge on any atom is -0.343 e. The van der Waals surface area contributed by atoms with Crippen LogP contribution in [0, 0.1) is 0 Å². The van der Waals surface area contributed by atoms with Gasteiger partial charge in [0.05, 0.1) is 11.1 Å². The van der Waals surface area contributed by atoms with Crippen LogP contribution in [0.1, 0.15) is 15.9 Å². The number of rotatable bonds is 1. The molecule has 0 aliphatic heterocycles. The molecule has 7 heteroatoms. The van der Waals surface area contributed by atoms with Gasteiger partial charge in [0.2, 0.25) is 0 Å². The lowest BCUT2D eigenvalue weighted by Gasteiger charge is -2.08. The Morgan fingerprint density at radius 2 is 2.14 bits per heavy atom. The van der Waals surface area contributed by atoms with E-state index in [0.717, 1.165) is 12.4 Å². The van der Waals surface area contributed by atoms with E-state index < -0.39 is 23.3 Å². The number of carbonyl (C=O) groups is 1. The minimum atomic E-state index is -4.64. The third-order valence-electron chi connectivity index (χ3n) is 1.42. The van der Waals surface area contributed by atoms with Gasteiger partial charge in [-0.25, -0.2) is 4.79 Å². The van der Waals surface area contributed by atoms with Gasteiger partial charge in [0, 0.05) is 12.4 Å². The average molecular weight is 226 g/mol. The molecule has 0 radical (unpaired) electrons. The Labute approximate surface area is 81.6 Å². The number of carbonyl (C=O) groups excluding carboxylic acids is 1. The van der Waals surface area contributed by atoms with Crippen LogP contribution in [0.15, 0.2) is 18.5 Å². The maximum Gasteiger partial charge on any atom is 0.417 e. The zero-order valence-electron chi connectivity index (χ0n) is 6.51. The van der Waals surface area contributed by atoms with Crippen molar-refractivity contribution >= 4 is 17.8 Å². The van der Waals surface area contributed by atoms with Gasteiger partial charge in [-0.2, -0.15) is 13.2 Å². The molecular formula is C7H3ClF3NO2. The first-order valence-corrected chi connectivity index (χ1v) is 3.62. The summed E-state index contributed by atoms with van der Waals surface area (Å²) in [5, 5.41) is 0. The largest absolute Gasteiger partial charge is 0.417 e. The molecule has 0 saturated carbocycles. The van der Waals surface area contributed by atoms with E-state index in [9.17, 15) is 18.0 Å². The molecule has 0 aliphatic rings. The molecule has 1 heterocycles. The summed E-state index contributed by atoms with van der Waals surface area (Å²) in [6, 6.07) is 0.670. The van der Waals surface area contributed by atoms with Crippen LogP contribution < -0.4 is 0 Å². The van der Waals surface area contributed by atoms with E-state index in [2.05, 4.69) is 21.1 Å². The summed E-state index contributed by atoms with van der Waals surface area (Å²) in [6.45, 7) is 0. The van der Waals surface area contributed by atoms with E-state index in [-0.39, 0.29) is 0 Å². The van der Waals surface area contributed by atoms with Crippen LogP contribution in [-0.4, -0.2) is 11.0 Å². The van der Waals surface area contributed by atoms with Crippen LogP contribution in [0.4, 0.5) is 13.2 Å². The van der Waals surface area contributed by atoms with Gasteiger partial charge in [0.1, 0.15) is 11.9 Å². The number of hydrogen-bond donors (Lipinski definition) is 0. The molecule has 0 fully saturated rings. The molecule has 76 valence electrons. The number of halogens is 4. The third-order valence-corrected chi connectivity index (χ3v) is 1.56. The second-order valence-electron chi connectivity index (χ2n) is 2.28. The van der Waals surface area contributed by atoms with E-state index in [1.807, 2.05) is 0 Å². The summed E-state index contributed by atoms with van der Waals surface area (Å²) in [5.74, 6) is -1.29. The second-order valence-corrected chi connectivity index (χ2v) is 2.44. The molecule has 1 aromatic rings. The fourth-order valence-electron chi connectivity index (χ4n) is 0.846. The van der Waals surface area contributed by atoms with Crippen LogP contribution in [0.25, 0.3) is 0 Å². The summed E-state index contributed by atoms with van der Waals surface area (Å²) >= 11 is 4.66. The normalized spacial score (nSPS) is 11.1. The van der Waals surface area contributed by atoms with Gasteiger partial charge < -0.3 is 4.29 Å². The standard InChI is InChI=1S/C7H3ClF3NO2/c8-14-6(13)4-3-12-2-1-5(4)7(9,10)11/h1-3H. The monoisotopic (exact) mass is 225 g/mol. The Bertz CT molecular complexity index is 353. The van der Waals surface area contributed by atoms with E-state index in [0.29, 0.717) is 6.07 Å². The predicted molar refractivity (Wildman–Crippen MR) is 40.5 cm³/mol. The smallest absolute Gasteiger partial charge is 0.343 e. The number of pyridine rings is 1. The summed E-state index contributed by atoms with van der Waals surface area (Å²) < 4.78 is 40.5. The number of aromatic nitrogens is 1. The SMILES string of the molecule is O=C(OCl)c1cnccc1C(F)(F)F. The van der Waals surface area contributed by atoms with E-state index in [1.165, 1.54) is 0 Å². The van der Waals surface area contributed by atoms with E-state index in [4.69, 9.17) is 0 Å².